The number of nitrogens with zero attached hydrogens (tertiary/aromatic N) is 1. The van der Waals surface area contributed by atoms with Gasteiger partial charge in [-0.05, 0) is 30.7 Å². The van der Waals surface area contributed by atoms with Gasteiger partial charge in [-0.3, -0.25) is 0 Å². The molecular formula is C16H20NO2P. The summed E-state index contributed by atoms with van der Waals surface area (Å²) in [7, 11) is -2.30. The van der Waals surface area contributed by atoms with Gasteiger partial charge >= 0.3 is 7.51 Å². The van der Waals surface area contributed by atoms with Crippen LogP contribution in [0.1, 0.15) is 13.3 Å². The van der Waals surface area contributed by atoms with Crippen molar-refractivity contribution in [1.29, 1.82) is 0 Å². The van der Waals surface area contributed by atoms with Crippen LogP contribution < -0.4 is 9.05 Å². The molecule has 0 spiro atoms. The van der Waals surface area contributed by atoms with E-state index in [1.807, 2.05) is 67.3 Å². The molecule has 0 aromatic heterocycles. The Hall–Kier alpha value is -1.73. The van der Waals surface area contributed by atoms with Crippen LogP contribution in [0.2, 0.25) is 0 Å². The average molecular weight is 289 g/mol. The molecule has 0 saturated carbocycles. The first kappa shape index (κ1) is 14.7. The molecule has 0 aliphatic heterocycles. The third kappa shape index (κ3) is 4.43. The highest BCUT2D eigenvalue weighted by Gasteiger charge is 2.17. The van der Waals surface area contributed by atoms with Crippen molar-refractivity contribution >= 4 is 7.51 Å². The van der Waals surface area contributed by atoms with E-state index in [0.29, 0.717) is 0 Å². The SMILES string of the molecule is CCCN=P(C)(Oc1ccccc1)Oc1ccccc1. The van der Waals surface area contributed by atoms with Crippen LogP contribution in [0.25, 0.3) is 0 Å². The molecule has 0 aliphatic rings. The summed E-state index contributed by atoms with van der Waals surface area (Å²) < 4.78 is 16.7. The molecule has 0 N–H and O–H groups in total. The number of hydrogen-bond donors (Lipinski definition) is 0. The Labute approximate surface area is 120 Å². The standard InChI is InChI=1S/C16H20NO2P/c1-3-14-17-20(2,18-15-10-6-4-7-11-15)19-16-12-8-5-9-13-16/h4-13H,3,14H2,1-2H3. The van der Waals surface area contributed by atoms with E-state index in [4.69, 9.17) is 9.05 Å². The zero-order chi connectivity index (χ0) is 14.3. The van der Waals surface area contributed by atoms with Crippen LogP contribution in [0.15, 0.2) is 65.4 Å². The molecule has 2 aromatic rings. The first-order valence-electron chi connectivity index (χ1n) is 6.77. The van der Waals surface area contributed by atoms with Crippen LogP contribution in [0.4, 0.5) is 0 Å². The molecule has 2 aromatic carbocycles. The van der Waals surface area contributed by atoms with Gasteiger partial charge in [-0.25, -0.2) is 4.74 Å². The number of benzene rings is 2. The lowest BCUT2D eigenvalue weighted by molar-refractivity contribution is 0.479. The van der Waals surface area contributed by atoms with Gasteiger partial charge < -0.3 is 9.05 Å². The molecule has 4 heteroatoms. The molecule has 20 heavy (non-hydrogen) atoms. The predicted octanol–water partition coefficient (Wildman–Crippen LogP) is 5.22. The smallest absolute Gasteiger partial charge is 0.311 e. The zero-order valence-corrected chi connectivity index (χ0v) is 12.8. The average Bonchev–Trinajstić information content (AvgIpc) is 2.47. The summed E-state index contributed by atoms with van der Waals surface area (Å²) in [5.74, 6) is 1.58. The molecule has 106 valence electrons. The van der Waals surface area contributed by atoms with Crippen LogP contribution in [0.5, 0.6) is 11.5 Å². The molecule has 0 heterocycles. The van der Waals surface area contributed by atoms with Gasteiger partial charge in [0.05, 0.1) is 0 Å². The van der Waals surface area contributed by atoms with Crippen molar-refractivity contribution in [3.8, 4) is 11.5 Å². The minimum atomic E-state index is -2.30. The lowest BCUT2D eigenvalue weighted by Gasteiger charge is -2.22. The lowest BCUT2D eigenvalue weighted by atomic mass is 10.3. The molecule has 0 atom stereocenters. The van der Waals surface area contributed by atoms with Crippen molar-refractivity contribution in [3.63, 3.8) is 0 Å². The second-order valence-electron chi connectivity index (χ2n) is 4.48. The summed E-state index contributed by atoms with van der Waals surface area (Å²) in [5, 5.41) is 0. The van der Waals surface area contributed by atoms with Gasteiger partial charge in [0, 0.05) is 13.2 Å². The largest absolute Gasteiger partial charge is 0.430 e. The molecular weight excluding hydrogens is 269 g/mol. The second-order valence-corrected chi connectivity index (χ2v) is 6.73. The van der Waals surface area contributed by atoms with Gasteiger partial charge in [0.15, 0.2) is 0 Å². The highest BCUT2D eigenvalue weighted by Crippen LogP contribution is 2.48. The maximum absolute atomic E-state index is 6.03. The van der Waals surface area contributed by atoms with Crippen LogP contribution in [0.3, 0.4) is 0 Å². The Morgan fingerprint density at radius 3 is 1.70 bits per heavy atom. The Kier molecular flexibility index (Phi) is 5.25. The van der Waals surface area contributed by atoms with Crippen LogP contribution in [-0.4, -0.2) is 13.2 Å². The quantitative estimate of drug-likeness (QED) is 0.683. The molecule has 0 fully saturated rings. The van der Waals surface area contributed by atoms with Crippen molar-refractivity contribution in [3.05, 3.63) is 60.7 Å². The van der Waals surface area contributed by atoms with Gasteiger partial charge in [-0.1, -0.05) is 43.3 Å². The zero-order valence-electron chi connectivity index (χ0n) is 11.9. The summed E-state index contributed by atoms with van der Waals surface area (Å²) in [4.78, 5) is 0. The normalized spacial score (nSPS) is 10.9. The van der Waals surface area contributed by atoms with E-state index in [-0.39, 0.29) is 0 Å². The molecule has 0 amide bonds. The van der Waals surface area contributed by atoms with Gasteiger partial charge in [0.25, 0.3) is 0 Å². The first-order valence-corrected chi connectivity index (χ1v) is 8.79. The fourth-order valence-corrected chi connectivity index (χ4v) is 3.45. The number of rotatable bonds is 6. The Morgan fingerprint density at radius 1 is 0.850 bits per heavy atom. The van der Waals surface area contributed by atoms with Crippen molar-refractivity contribution in [2.75, 3.05) is 13.2 Å². The van der Waals surface area contributed by atoms with E-state index in [2.05, 4.69) is 11.7 Å². The molecule has 0 radical (unpaired) electrons. The van der Waals surface area contributed by atoms with Crippen molar-refractivity contribution in [2.45, 2.75) is 13.3 Å². The van der Waals surface area contributed by atoms with E-state index in [1.165, 1.54) is 0 Å². The fraction of sp³-hybridized carbons (Fsp3) is 0.250. The minimum absolute atomic E-state index is 0.740. The van der Waals surface area contributed by atoms with Crippen LogP contribution in [0, 0.1) is 0 Å². The van der Waals surface area contributed by atoms with E-state index in [9.17, 15) is 0 Å². The Balaban J connectivity index is 2.22. The molecule has 0 bridgehead atoms. The summed E-state index contributed by atoms with van der Waals surface area (Å²) in [6.45, 7) is 4.78. The van der Waals surface area contributed by atoms with Crippen molar-refractivity contribution in [1.82, 2.24) is 0 Å². The third-order valence-corrected chi connectivity index (χ3v) is 4.43. The molecule has 3 nitrogen and oxygen atoms in total. The lowest BCUT2D eigenvalue weighted by Crippen LogP contribution is -2.01. The van der Waals surface area contributed by atoms with E-state index >= 15 is 0 Å². The molecule has 0 saturated heterocycles. The van der Waals surface area contributed by atoms with Gasteiger partial charge in [0.1, 0.15) is 11.5 Å². The van der Waals surface area contributed by atoms with E-state index in [1.54, 1.807) is 0 Å². The maximum Gasteiger partial charge on any atom is 0.311 e. The van der Waals surface area contributed by atoms with Crippen molar-refractivity contribution in [2.24, 2.45) is 4.74 Å². The Morgan fingerprint density at radius 2 is 1.30 bits per heavy atom. The summed E-state index contributed by atoms with van der Waals surface area (Å²) in [6, 6.07) is 19.4. The minimum Gasteiger partial charge on any atom is -0.430 e. The fourth-order valence-electron chi connectivity index (χ4n) is 1.71. The highest BCUT2D eigenvalue weighted by atomic mass is 31.2. The summed E-state index contributed by atoms with van der Waals surface area (Å²) in [6.07, 6.45) is 0.978. The topological polar surface area (TPSA) is 30.8 Å². The van der Waals surface area contributed by atoms with Gasteiger partial charge in [-0.15, -0.1) is 0 Å². The van der Waals surface area contributed by atoms with Gasteiger partial charge in [0.2, 0.25) is 0 Å². The highest BCUT2D eigenvalue weighted by molar-refractivity contribution is 7.56. The maximum atomic E-state index is 6.03. The van der Waals surface area contributed by atoms with E-state index in [0.717, 1.165) is 24.5 Å². The summed E-state index contributed by atoms with van der Waals surface area (Å²) in [5.41, 5.74) is 0. The summed E-state index contributed by atoms with van der Waals surface area (Å²) >= 11 is 0. The Bertz CT molecular complexity index is 524. The number of para-hydroxylation sites is 2. The molecule has 2 rings (SSSR count). The third-order valence-electron chi connectivity index (χ3n) is 2.62. The van der Waals surface area contributed by atoms with E-state index < -0.39 is 7.51 Å². The number of hydrogen-bond acceptors (Lipinski definition) is 3. The van der Waals surface area contributed by atoms with Crippen LogP contribution >= 0.6 is 7.51 Å². The molecule has 0 aliphatic carbocycles. The van der Waals surface area contributed by atoms with Crippen molar-refractivity contribution < 1.29 is 9.05 Å². The monoisotopic (exact) mass is 289 g/mol. The van der Waals surface area contributed by atoms with Gasteiger partial charge in [-0.2, -0.15) is 0 Å². The first-order chi connectivity index (χ1) is 9.72. The second kappa shape index (κ2) is 7.16. The predicted molar refractivity (Wildman–Crippen MR) is 84.6 cm³/mol. The molecule has 0 unspecified atom stereocenters. The van der Waals surface area contributed by atoms with Crippen LogP contribution in [-0.2, 0) is 0 Å².